The molecule has 0 bridgehead atoms. The van der Waals surface area contributed by atoms with Crippen LogP contribution in [0.1, 0.15) is 16.1 Å². The maximum atomic E-state index is 10.7. The number of aldehydes is 1. The van der Waals surface area contributed by atoms with Gasteiger partial charge in [0.05, 0.1) is 13.8 Å². The SMILES string of the molecule is O=Cc1ccc(Br)c(OCc2ncsc2Br)c1. The van der Waals surface area contributed by atoms with Crippen LogP contribution in [-0.2, 0) is 6.61 Å². The van der Waals surface area contributed by atoms with E-state index in [4.69, 9.17) is 4.74 Å². The van der Waals surface area contributed by atoms with E-state index in [2.05, 4.69) is 36.8 Å². The van der Waals surface area contributed by atoms with E-state index < -0.39 is 0 Å². The molecule has 6 heteroatoms. The Hall–Kier alpha value is -0.720. The van der Waals surface area contributed by atoms with E-state index in [-0.39, 0.29) is 0 Å². The molecule has 88 valence electrons. The highest BCUT2D eigenvalue weighted by Gasteiger charge is 2.07. The summed E-state index contributed by atoms with van der Waals surface area (Å²) in [5, 5.41) is 0. The molecular formula is C11H7Br2NO2S. The monoisotopic (exact) mass is 375 g/mol. The number of thiazole rings is 1. The van der Waals surface area contributed by atoms with Crippen LogP contribution in [0.15, 0.2) is 32.0 Å². The normalized spacial score (nSPS) is 10.2. The van der Waals surface area contributed by atoms with E-state index in [1.807, 2.05) is 0 Å². The van der Waals surface area contributed by atoms with E-state index in [0.717, 1.165) is 20.2 Å². The smallest absolute Gasteiger partial charge is 0.150 e. The van der Waals surface area contributed by atoms with Crippen molar-refractivity contribution in [3.63, 3.8) is 0 Å². The van der Waals surface area contributed by atoms with Gasteiger partial charge in [0.15, 0.2) is 0 Å². The van der Waals surface area contributed by atoms with Gasteiger partial charge in [-0.2, -0.15) is 0 Å². The van der Waals surface area contributed by atoms with Gasteiger partial charge in [0, 0.05) is 5.56 Å². The molecule has 0 unspecified atom stereocenters. The third kappa shape index (κ3) is 3.14. The summed E-state index contributed by atoms with van der Waals surface area (Å²) in [6.45, 7) is 0.366. The molecule has 0 spiro atoms. The molecular weight excluding hydrogens is 370 g/mol. The molecule has 1 aromatic heterocycles. The minimum atomic E-state index is 0.366. The molecule has 0 N–H and O–H groups in total. The summed E-state index contributed by atoms with van der Waals surface area (Å²) in [7, 11) is 0. The highest BCUT2D eigenvalue weighted by atomic mass is 79.9. The van der Waals surface area contributed by atoms with Crippen molar-refractivity contribution in [2.45, 2.75) is 6.61 Å². The van der Waals surface area contributed by atoms with Gasteiger partial charge in [-0.05, 0) is 44.0 Å². The van der Waals surface area contributed by atoms with Gasteiger partial charge in [0.2, 0.25) is 0 Å². The van der Waals surface area contributed by atoms with E-state index in [1.54, 1.807) is 23.7 Å². The Morgan fingerprint density at radius 1 is 1.41 bits per heavy atom. The first-order valence-electron chi connectivity index (χ1n) is 4.66. The van der Waals surface area contributed by atoms with Crippen LogP contribution in [0.4, 0.5) is 0 Å². The number of carbonyl (C=O) groups is 1. The minimum absolute atomic E-state index is 0.366. The van der Waals surface area contributed by atoms with Crippen LogP contribution < -0.4 is 4.74 Å². The number of benzene rings is 1. The molecule has 2 aromatic rings. The van der Waals surface area contributed by atoms with Gasteiger partial charge >= 0.3 is 0 Å². The van der Waals surface area contributed by atoms with Crippen LogP contribution >= 0.6 is 43.2 Å². The van der Waals surface area contributed by atoms with Crippen molar-refractivity contribution in [2.75, 3.05) is 0 Å². The zero-order chi connectivity index (χ0) is 12.3. The standard InChI is InChI=1S/C11H7Br2NO2S/c12-8-2-1-7(4-15)3-10(8)16-5-9-11(13)17-6-14-9/h1-4,6H,5H2. The number of hydrogen-bond donors (Lipinski definition) is 0. The van der Waals surface area contributed by atoms with Crippen LogP contribution in [0.2, 0.25) is 0 Å². The van der Waals surface area contributed by atoms with Crippen molar-refractivity contribution in [3.05, 3.63) is 43.2 Å². The van der Waals surface area contributed by atoms with Crippen LogP contribution in [0.5, 0.6) is 5.75 Å². The first kappa shape index (κ1) is 12.7. The average molecular weight is 377 g/mol. The zero-order valence-corrected chi connectivity index (χ0v) is 12.5. The Bertz CT molecular complexity index is 542. The van der Waals surface area contributed by atoms with Crippen molar-refractivity contribution in [2.24, 2.45) is 0 Å². The number of nitrogens with zero attached hydrogens (tertiary/aromatic N) is 1. The van der Waals surface area contributed by atoms with E-state index in [1.165, 1.54) is 11.3 Å². The zero-order valence-electron chi connectivity index (χ0n) is 8.52. The molecule has 1 heterocycles. The number of carbonyl (C=O) groups excluding carboxylic acids is 1. The third-order valence-electron chi connectivity index (χ3n) is 2.05. The molecule has 3 nitrogen and oxygen atoms in total. The van der Waals surface area contributed by atoms with Gasteiger partial charge in [-0.15, -0.1) is 11.3 Å². The van der Waals surface area contributed by atoms with Crippen molar-refractivity contribution in [1.29, 1.82) is 0 Å². The molecule has 0 amide bonds. The topological polar surface area (TPSA) is 39.2 Å². The van der Waals surface area contributed by atoms with Crippen LogP contribution in [0.3, 0.4) is 0 Å². The first-order chi connectivity index (χ1) is 8.20. The fourth-order valence-electron chi connectivity index (χ4n) is 1.20. The molecule has 0 saturated carbocycles. The lowest BCUT2D eigenvalue weighted by molar-refractivity contribution is 0.112. The van der Waals surface area contributed by atoms with E-state index in [9.17, 15) is 4.79 Å². The highest BCUT2D eigenvalue weighted by Crippen LogP contribution is 2.28. The summed E-state index contributed by atoms with van der Waals surface area (Å²) < 4.78 is 7.39. The second-order valence-corrected chi connectivity index (χ2v) is 6.20. The Labute approximate surface area is 119 Å². The number of rotatable bonds is 4. The van der Waals surface area contributed by atoms with Gasteiger partial charge in [-0.3, -0.25) is 4.79 Å². The Morgan fingerprint density at radius 2 is 2.24 bits per heavy atom. The second-order valence-electron chi connectivity index (χ2n) is 3.17. The van der Waals surface area contributed by atoms with E-state index >= 15 is 0 Å². The molecule has 0 radical (unpaired) electrons. The van der Waals surface area contributed by atoms with Crippen molar-refractivity contribution >= 4 is 49.5 Å². The van der Waals surface area contributed by atoms with E-state index in [0.29, 0.717) is 17.9 Å². The summed E-state index contributed by atoms with van der Waals surface area (Å²) in [4.78, 5) is 14.8. The minimum Gasteiger partial charge on any atom is -0.486 e. The quantitative estimate of drug-likeness (QED) is 0.755. The van der Waals surface area contributed by atoms with Crippen LogP contribution in [-0.4, -0.2) is 11.3 Å². The van der Waals surface area contributed by atoms with Gasteiger partial charge in [0.1, 0.15) is 24.3 Å². The largest absolute Gasteiger partial charge is 0.486 e. The van der Waals surface area contributed by atoms with Crippen molar-refractivity contribution < 1.29 is 9.53 Å². The van der Waals surface area contributed by atoms with Gasteiger partial charge in [0.25, 0.3) is 0 Å². The lowest BCUT2D eigenvalue weighted by atomic mass is 10.2. The average Bonchev–Trinajstić information content (AvgIpc) is 2.74. The Balaban J connectivity index is 2.13. The fourth-order valence-corrected chi connectivity index (χ4v) is 2.55. The number of aromatic nitrogens is 1. The molecule has 17 heavy (non-hydrogen) atoms. The number of halogens is 2. The molecule has 1 aromatic carbocycles. The molecule has 0 saturated heterocycles. The van der Waals surface area contributed by atoms with Crippen molar-refractivity contribution in [3.8, 4) is 5.75 Å². The van der Waals surface area contributed by atoms with Gasteiger partial charge in [-0.1, -0.05) is 6.07 Å². The fraction of sp³-hybridized carbons (Fsp3) is 0.0909. The van der Waals surface area contributed by atoms with Gasteiger partial charge < -0.3 is 4.74 Å². The molecule has 0 fully saturated rings. The number of hydrogen-bond acceptors (Lipinski definition) is 4. The summed E-state index contributed by atoms with van der Waals surface area (Å²) in [5.41, 5.74) is 3.18. The second kappa shape index (κ2) is 5.75. The lowest BCUT2D eigenvalue weighted by Gasteiger charge is -2.07. The van der Waals surface area contributed by atoms with Gasteiger partial charge in [-0.25, -0.2) is 4.98 Å². The third-order valence-corrected chi connectivity index (χ3v) is 4.37. The Morgan fingerprint density at radius 3 is 2.88 bits per heavy atom. The Kier molecular flexibility index (Phi) is 4.31. The lowest BCUT2D eigenvalue weighted by Crippen LogP contribution is -1.97. The maximum Gasteiger partial charge on any atom is 0.150 e. The number of ether oxygens (including phenoxy) is 1. The van der Waals surface area contributed by atoms with Crippen molar-refractivity contribution in [1.82, 2.24) is 4.98 Å². The molecule has 0 aliphatic carbocycles. The molecule has 2 rings (SSSR count). The molecule has 0 atom stereocenters. The predicted octanol–water partition coefficient (Wildman–Crippen LogP) is 4.06. The summed E-state index contributed by atoms with van der Waals surface area (Å²) in [6.07, 6.45) is 0.790. The van der Waals surface area contributed by atoms with Crippen LogP contribution in [0, 0.1) is 0 Å². The highest BCUT2D eigenvalue weighted by molar-refractivity contribution is 9.11. The summed E-state index contributed by atoms with van der Waals surface area (Å²) in [6, 6.07) is 5.20. The maximum absolute atomic E-state index is 10.7. The first-order valence-corrected chi connectivity index (χ1v) is 7.12. The molecule has 0 aliphatic rings. The van der Waals surface area contributed by atoms with Crippen LogP contribution in [0.25, 0.3) is 0 Å². The summed E-state index contributed by atoms with van der Waals surface area (Å²) >= 11 is 8.28. The predicted molar refractivity (Wildman–Crippen MR) is 73.7 cm³/mol. The summed E-state index contributed by atoms with van der Waals surface area (Å²) in [5.74, 6) is 0.634. The molecule has 0 aliphatic heterocycles.